The summed E-state index contributed by atoms with van der Waals surface area (Å²) in [6.45, 7) is 0. The number of nitrogens with zero attached hydrogens (tertiary/aromatic N) is 1. The van der Waals surface area contributed by atoms with Crippen molar-refractivity contribution < 1.29 is 23.8 Å². The molecule has 6 nitrogen and oxygen atoms in total. The lowest BCUT2D eigenvalue weighted by Crippen LogP contribution is -2.15. The van der Waals surface area contributed by atoms with Gasteiger partial charge in [0.2, 0.25) is 0 Å². The first-order chi connectivity index (χ1) is 10.0. The third-order valence-corrected chi connectivity index (χ3v) is 2.67. The van der Waals surface area contributed by atoms with Crippen LogP contribution in [0.5, 0.6) is 5.75 Å². The molecule has 0 fully saturated rings. The minimum absolute atomic E-state index is 0.0786. The maximum atomic E-state index is 13.7. The van der Waals surface area contributed by atoms with E-state index in [0.717, 1.165) is 12.3 Å². The molecule has 2 rings (SSSR count). The highest BCUT2D eigenvalue weighted by Crippen LogP contribution is 2.22. The molecule has 21 heavy (non-hydrogen) atoms. The van der Waals surface area contributed by atoms with E-state index in [1.807, 2.05) is 0 Å². The summed E-state index contributed by atoms with van der Waals surface area (Å²) in [4.78, 5) is 26.6. The van der Waals surface area contributed by atoms with Crippen LogP contribution in [-0.2, 0) is 0 Å². The Hall–Kier alpha value is -2.96. The SMILES string of the molecule is COc1cccc(F)c1C(=O)Nc1cncc(C(=O)O)c1. The molecule has 1 aromatic carbocycles. The number of carbonyl (C=O) groups is 2. The van der Waals surface area contributed by atoms with Crippen LogP contribution in [0.25, 0.3) is 0 Å². The van der Waals surface area contributed by atoms with Crippen molar-refractivity contribution in [3.63, 3.8) is 0 Å². The molecule has 2 N–H and O–H groups in total. The largest absolute Gasteiger partial charge is 0.496 e. The lowest BCUT2D eigenvalue weighted by molar-refractivity contribution is 0.0696. The highest BCUT2D eigenvalue weighted by atomic mass is 19.1. The number of ether oxygens (including phenoxy) is 1. The summed E-state index contributed by atoms with van der Waals surface area (Å²) >= 11 is 0. The van der Waals surface area contributed by atoms with E-state index in [4.69, 9.17) is 9.84 Å². The van der Waals surface area contributed by atoms with Crippen LogP contribution in [0.3, 0.4) is 0 Å². The van der Waals surface area contributed by atoms with E-state index in [2.05, 4.69) is 10.3 Å². The highest BCUT2D eigenvalue weighted by molar-refractivity contribution is 6.06. The zero-order chi connectivity index (χ0) is 15.4. The van der Waals surface area contributed by atoms with Crippen molar-refractivity contribution in [2.45, 2.75) is 0 Å². The van der Waals surface area contributed by atoms with Gasteiger partial charge >= 0.3 is 5.97 Å². The molecule has 0 saturated heterocycles. The zero-order valence-corrected chi connectivity index (χ0v) is 11.0. The number of methoxy groups -OCH3 is 1. The molecule has 0 radical (unpaired) electrons. The van der Waals surface area contributed by atoms with E-state index in [9.17, 15) is 14.0 Å². The fourth-order valence-electron chi connectivity index (χ4n) is 1.71. The van der Waals surface area contributed by atoms with Crippen LogP contribution in [0.2, 0.25) is 0 Å². The van der Waals surface area contributed by atoms with Crippen LogP contribution < -0.4 is 10.1 Å². The summed E-state index contributed by atoms with van der Waals surface area (Å²) in [5.41, 5.74) is -0.209. The van der Waals surface area contributed by atoms with E-state index in [0.29, 0.717) is 0 Å². The van der Waals surface area contributed by atoms with E-state index >= 15 is 0 Å². The van der Waals surface area contributed by atoms with Gasteiger partial charge in [-0.1, -0.05) is 6.07 Å². The molecule has 0 unspecified atom stereocenters. The molecule has 1 amide bonds. The maximum absolute atomic E-state index is 13.7. The highest BCUT2D eigenvalue weighted by Gasteiger charge is 2.18. The number of pyridine rings is 1. The van der Waals surface area contributed by atoms with Gasteiger partial charge in [-0.15, -0.1) is 0 Å². The molecule has 7 heteroatoms. The van der Waals surface area contributed by atoms with E-state index in [1.54, 1.807) is 0 Å². The van der Waals surface area contributed by atoms with Gasteiger partial charge in [0, 0.05) is 6.20 Å². The number of rotatable bonds is 4. The summed E-state index contributed by atoms with van der Waals surface area (Å²) in [5, 5.41) is 11.2. The number of carboxylic acid groups (broad SMARTS) is 1. The second-order valence-corrected chi connectivity index (χ2v) is 4.04. The first kappa shape index (κ1) is 14.4. The van der Waals surface area contributed by atoms with Gasteiger partial charge in [0.25, 0.3) is 5.91 Å². The Morgan fingerprint density at radius 1 is 1.33 bits per heavy atom. The average molecular weight is 290 g/mol. The third-order valence-electron chi connectivity index (χ3n) is 2.67. The normalized spacial score (nSPS) is 10.0. The molecule has 0 saturated carbocycles. The van der Waals surface area contributed by atoms with Crippen molar-refractivity contribution in [2.24, 2.45) is 0 Å². The number of hydrogen-bond donors (Lipinski definition) is 2. The minimum atomic E-state index is -1.18. The molecule has 1 heterocycles. The van der Waals surface area contributed by atoms with Gasteiger partial charge in [-0.2, -0.15) is 0 Å². The van der Waals surface area contributed by atoms with Gasteiger partial charge in [0.1, 0.15) is 17.1 Å². The molecule has 0 aliphatic rings. The molecule has 2 aromatic rings. The van der Waals surface area contributed by atoms with Crippen LogP contribution in [0.1, 0.15) is 20.7 Å². The Balaban J connectivity index is 2.30. The summed E-state index contributed by atoms with van der Waals surface area (Å²) in [6, 6.07) is 5.21. The van der Waals surface area contributed by atoms with Gasteiger partial charge in [-0.05, 0) is 18.2 Å². The molecule has 0 aliphatic carbocycles. The van der Waals surface area contributed by atoms with Gasteiger partial charge in [0.15, 0.2) is 0 Å². The summed E-state index contributed by atoms with van der Waals surface area (Å²) in [5.74, 6) is -2.60. The summed E-state index contributed by atoms with van der Waals surface area (Å²) in [6.07, 6.45) is 2.40. The number of carbonyl (C=O) groups excluding carboxylic acids is 1. The number of amides is 1. The Morgan fingerprint density at radius 2 is 2.10 bits per heavy atom. The number of carboxylic acids is 1. The lowest BCUT2D eigenvalue weighted by Gasteiger charge is -2.10. The Morgan fingerprint density at radius 3 is 2.76 bits per heavy atom. The van der Waals surface area contributed by atoms with Crippen LogP contribution in [0, 0.1) is 5.82 Å². The monoisotopic (exact) mass is 290 g/mol. The molecule has 0 atom stereocenters. The molecule has 0 aliphatic heterocycles. The van der Waals surface area contributed by atoms with Crippen molar-refractivity contribution in [3.05, 3.63) is 53.6 Å². The Kier molecular flexibility index (Phi) is 4.13. The summed E-state index contributed by atoms with van der Waals surface area (Å²) in [7, 11) is 1.32. The van der Waals surface area contributed by atoms with Gasteiger partial charge < -0.3 is 15.2 Å². The standard InChI is InChI=1S/C14H11FN2O4/c1-21-11-4-2-3-10(15)12(11)13(18)17-9-5-8(14(19)20)6-16-7-9/h2-7H,1H3,(H,17,18)(H,19,20). The minimum Gasteiger partial charge on any atom is -0.496 e. The van der Waals surface area contributed by atoms with Crippen molar-refractivity contribution in [1.82, 2.24) is 4.98 Å². The molecular weight excluding hydrogens is 279 g/mol. The van der Waals surface area contributed by atoms with Gasteiger partial charge in [-0.3, -0.25) is 9.78 Å². The van der Waals surface area contributed by atoms with Crippen molar-refractivity contribution in [3.8, 4) is 5.75 Å². The van der Waals surface area contributed by atoms with Crippen molar-refractivity contribution in [1.29, 1.82) is 0 Å². The van der Waals surface area contributed by atoms with Crippen molar-refractivity contribution >= 4 is 17.6 Å². The second-order valence-electron chi connectivity index (χ2n) is 4.04. The number of aromatic carboxylic acids is 1. The first-order valence-corrected chi connectivity index (χ1v) is 5.85. The van der Waals surface area contributed by atoms with Crippen molar-refractivity contribution in [2.75, 3.05) is 12.4 Å². The Labute approximate surface area is 119 Å². The zero-order valence-electron chi connectivity index (χ0n) is 11.0. The smallest absolute Gasteiger partial charge is 0.337 e. The molecule has 0 bridgehead atoms. The predicted octanol–water partition coefficient (Wildman–Crippen LogP) is 2.18. The van der Waals surface area contributed by atoms with E-state index in [-0.39, 0.29) is 22.6 Å². The molecular formula is C14H11FN2O4. The first-order valence-electron chi connectivity index (χ1n) is 5.85. The number of benzene rings is 1. The van der Waals surface area contributed by atoms with E-state index < -0.39 is 17.7 Å². The number of aromatic nitrogens is 1. The van der Waals surface area contributed by atoms with Crippen LogP contribution in [0.15, 0.2) is 36.7 Å². The Bertz CT molecular complexity index is 703. The number of anilines is 1. The number of hydrogen-bond acceptors (Lipinski definition) is 4. The second kappa shape index (κ2) is 6.00. The average Bonchev–Trinajstić information content (AvgIpc) is 2.46. The number of nitrogens with one attached hydrogen (secondary N) is 1. The number of halogens is 1. The van der Waals surface area contributed by atoms with Crippen LogP contribution in [0.4, 0.5) is 10.1 Å². The predicted molar refractivity (Wildman–Crippen MR) is 72.1 cm³/mol. The van der Waals surface area contributed by atoms with Gasteiger partial charge in [-0.25, -0.2) is 9.18 Å². The molecule has 108 valence electrons. The topological polar surface area (TPSA) is 88.5 Å². The summed E-state index contributed by atoms with van der Waals surface area (Å²) < 4.78 is 18.7. The quantitative estimate of drug-likeness (QED) is 0.901. The molecule has 0 spiro atoms. The van der Waals surface area contributed by atoms with Gasteiger partial charge in [0.05, 0.1) is 24.6 Å². The van der Waals surface area contributed by atoms with Crippen LogP contribution >= 0.6 is 0 Å². The maximum Gasteiger partial charge on any atom is 0.337 e. The fraction of sp³-hybridized carbons (Fsp3) is 0.0714. The fourth-order valence-corrected chi connectivity index (χ4v) is 1.71. The van der Waals surface area contributed by atoms with E-state index in [1.165, 1.54) is 31.5 Å². The van der Waals surface area contributed by atoms with Crippen LogP contribution in [-0.4, -0.2) is 29.1 Å². The third kappa shape index (κ3) is 3.14. The molecule has 1 aromatic heterocycles. The lowest BCUT2D eigenvalue weighted by atomic mass is 10.1.